The van der Waals surface area contributed by atoms with Crippen molar-refractivity contribution in [2.75, 3.05) is 11.9 Å². The van der Waals surface area contributed by atoms with Gasteiger partial charge in [-0.2, -0.15) is 0 Å². The van der Waals surface area contributed by atoms with Gasteiger partial charge in [0.1, 0.15) is 17.2 Å². The lowest BCUT2D eigenvalue weighted by Gasteiger charge is -2.17. The molecule has 0 aromatic heterocycles. The van der Waals surface area contributed by atoms with Gasteiger partial charge >= 0.3 is 6.16 Å². The second kappa shape index (κ2) is 12.1. The van der Waals surface area contributed by atoms with E-state index in [-0.39, 0.29) is 36.5 Å². The number of aromatic hydroxyl groups is 1. The number of nitrogens with one attached hydrogen (secondary N) is 2. The number of carbonyl (C=O) groups excluding carboxylic acids is 3. The van der Waals surface area contributed by atoms with Gasteiger partial charge in [-0.3, -0.25) is 9.59 Å². The number of benzene rings is 3. The molecule has 0 heterocycles. The predicted octanol–water partition coefficient (Wildman–Crippen LogP) is 4.26. The highest BCUT2D eigenvalue weighted by Gasteiger charge is 2.17. The highest BCUT2D eigenvalue weighted by Crippen LogP contribution is 2.19. The average Bonchev–Trinajstić information content (AvgIpc) is 2.85. The van der Waals surface area contributed by atoms with Crippen molar-refractivity contribution < 1.29 is 33.7 Å². The zero-order valence-corrected chi connectivity index (χ0v) is 19.3. The van der Waals surface area contributed by atoms with Crippen molar-refractivity contribution in [2.24, 2.45) is 0 Å². The van der Waals surface area contributed by atoms with Crippen LogP contribution in [-0.4, -0.2) is 35.8 Å². The Hall–Kier alpha value is -4.53. The highest BCUT2D eigenvalue weighted by molar-refractivity contribution is 5.96. The van der Waals surface area contributed by atoms with Gasteiger partial charge in [-0.15, -0.1) is 0 Å². The second-order valence-electron chi connectivity index (χ2n) is 7.39. The van der Waals surface area contributed by atoms with Gasteiger partial charge in [0.2, 0.25) is 0 Å². The molecular weight excluding hydrogens is 452 g/mol. The number of carbonyl (C=O) groups is 3. The van der Waals surface area contributed by atoms with Crippen LogP contribution in [0.2, 0.25) is 0 Å². The van der Waals surface area contributed by atoms with Crippen LogP contribution in [0.25, 0.3) is 0 Å². The fourth-order valence-electron chi connectivity index (χ4n) is 3.01. The molecule has 3 aromatic rings. The predicted molar refractivity (Wildman–Crippen MR) is 129 cm³/mol. The number of para-hydroxylation sites is 1. The molecule has 1 atom stereocenters. The Bertz CT molecular complexity index is 1160. The third-order valence-electron chi connectivity index (χ3n) is 4.81. The van der Waals surface area contributed by atoms with E-state index in [0.717, 1.165) is 0 Å². The minimum atomic E-state index is -0.814. The summed E-state index contributed by atoms with van der Waals surface area (Å²) in [5.41, 5.74) is 1.61. The summed E-state index contributed by atoms with van der Waals surface area (Å²) >= 11 is 0. The van der Waals surface area contributed by atoms with Gasteiger partial charge in [-0.05, 0) is 74.0 Å². The molecule has 0 saturated carbocycles. The molecule has 0 saturated heterocycles. The summed E-state index contributed by atoms with van der Waals surface area (Å²) in [6.45, 7) is 3.65. The number of rotatable bonds is 9. The minimum absolute atomic E-state index is 0.103. The SMILES string of the molecule is CCOC(=O)Oc1ccc(C(=O)NCc2ccccc2NC(=O)C(C)Oc2ccc(O)cc2)cc1. The standard InChI is InChI=1S/C26H26N2O7/c1-3-33-26(32)35-22-12-8-18(9-13-22)25(31)27-16-19-6-4-5-7-23(19)28-24(30)17(2)34-21-14-10-20(29)11-15-21/h4-15,17,29H,3,16H2,1-2H3,(H,27,31)(H,28,30). The zero-order valence-electron chi connectivity index (χ0n) is 19.3. The van der Waals surface area contributed by atoms with Crippen molar-refractivity contribution in [2.45, 2.75) is 26.5 Å². The number of phenolic OH excluding ortho intramolecular Hbond substituents is 1. The largest absolute Gasteiger partial charge is 0.513 e. The summed E-state index contributed by atoms with van der Waals surface area (Å²) < 4.78 is 15.3. The maximum Gasteiger partial charge on any atom is 0.513 e. The highest BCUT2D eigenvalue weighted by atomic mass is 16.7. The van der Waals surface area contributed by atoms with Crippen LogP contribution in [0.4, 0.5) is 10.5 Å². The first-order valence-electron chi connectivity index (χ1n) is 10.9. The van der Waals surface area contributed by atoms with Gasteiger partial charge in [0, 0.05) is 17.8 Å². The molecule has 9 nitrogen and oxygen atoms in total. The van der Waals surface area contributed by atoms with Crippen LogP contribution in [0.3, 0.4) is 0 Å². The van der Waals surface area contributed by atoms with Gasteiger partial charge in [0.25, 0.3) is 11.8 Å². The summed E-state index contributed by atoms with van der Waals surface area (Å²) in [7, 11) is 0. The van der Waals surface area contributed by atoms with Crippen LogP contribution in [0.5, 0.6) is 17.2 Å². The number of ether oxygens (including phenoxy) is 3. The number of hydrogen-bond donors (Lipinski definition) is 3. The Morgan fingerprint density at radius 2 is 1.57 bits per heavy atom. The Labute approximate surface area is 202 Å². The molecule has 2 amide bonds. The Balaban J connectivity index is 1.56. The van der Waals surface area contributed by atoms with E-state index in [9.17, 15) is 19.5 Å². The first-order valence-corrected chi connectivity index (χ1v) is 10.9. The Morgan fingerprint density at radius 3 is 2.26 bits per heavy atom. The van der Waals surface area contributed by atoms with Crippen molar-refractivity contribution in [1.29, 1.82) is 0 Å². The van der Waals surface area contributed by atoms with Gasteiger partial charge in [0.05, 0.1) is 6.61 Å². The van der Waals surface area contributed by atoms with Gasteiger partial charge in [-0.1, -0.05) is 18.2 Å². The van der Waals surface area contributed by atoms with E-state index in [1.807, 2.05) is 0 Å². The van der Waals surface area contributed by atoms with E-state index < -0.39 is 12.3 Å². The van der Waals surface area contributed by atoms with E-state index in [1.54, 1.807) is 50.2 Å². The molecule has 3 aromatic carbocycles. The van der Waals surface area contributed by atoms with Crippen LogP contribution in [0.1, 0.15) is 29.8 Å². The van der Waals surface area contributed by atoms with Crippen LogP contribution in [0.15, 0.2) is 72.8 Å². The molecule has 0 bridgehead atoms. The van der Waals surface area contributed by atoms with Gasteiger partial charge < -0.3 is 30.0 Å². The van der Waals surface area contributed by atoms with Crippen LogP contribution in [0, 0.1) is 0 Å². The maximum atomic E-state index is 12.6. The van der Waals surface area contributed by atoms with Crippen molar-refractivity contribution in [3.63, 3.8) is 0 Å². The van der Waals surface area contributed by atoms with E-state index in [1.165, 1.54) is 36.4 Å². The van der Waals surface area contributed by atoms with E-state index in [0.29, 0.717) is 22.6 Å². The van der Waals surface area contributed by atoms with E-state index in [4.69, 9.17) is 14.2 Å². The molecule has 0 aliphatic rings. The Morgan fingerprint density at radius 1 is 0.914 bits per heavy atom. The fourth-order valence-corrected chi connectivity index (χ4v) is 3.01. The van der Waals surface area contributed by atoms with Crippen molar-refractivity contribution >= 4 is 23.7 Å². The molecule has 0 radical (unpaired) electrons. The minimum Gasteiger partial charge on any atom is -0.508 e. The topological polar surface area (TPSA) is 123 Å². The third-order valence-corrected chi connectivity index (χ3v) is 4.81. The molecule has 9 heteroatoms. The molecule has 3 rings (SSSR count). The van der Waals surface area contributed by atoms with Crippen LogP contribution in [-0.2, 0) is 16.1 Å². The molecular formula is C26H26N2O7. The number of anilines is 1. The summed E-state index contributed by atoms with van der Waals surface area (Å²) in [5.74, 6) is 0.111. The Kier molecular flexibility index (Phi) is 8.66. The zero-order chi connectivity index (χ0) is 25.2. The normalized spacial score (nSPS) is 11.1. The first kappa shape index (κ1) is 25.1. The summed E-state index contributed by atoms with van der Waals surface area (Å²) in [6, 6.07) is 19.2. The molecule has 1 unspecified atom stereocenters. The molecule has 0 aliphatic heterocycles. The lowest BCUT2D eigenvalue weighted by molar-refractivity contribution is -0.122. The number of phenols is 1. The molecule has 35 heavy (non-hydrogen) atoms. The maximum absolute atomic E-state index is 12.6. The quantitative estimate of drug-likeness (QED) is 0.310. The average molecular weight is 479 g/mol. The van der Waals surface area contributed by atoms with E-state index in [2.05, 4.69) is 10.6 Å². The van der Waals surface area contributed by atoms with Crippen LogP contribution >= 0.6 is 0 Å². The molecule has 182 valence electrons. The second-order valence-corrected chi connectivity index (χ2v) is 7.39. The molecule has 0 fully saturated rings. The van der Waals surface area contributed by atoms with Crippen molar-refractivity contribution in [1.82, 2.24) is 5.32 Å². The molecule has 3 N–H and O–H groups in total. The molecule has 0 spiro atoms. The lowest BCUT2D eigenvalue weighted by Crippen LogP contribution is -2.31. The first-order chi connectivity index (χ1) is 16.9. The van der Waals surface area contributed by atoms with Crippen molar-refractivity contribution in [3.05, 3.63) is 83.9 Å². The number of amides is 2. The number of hydrogen-bond acceptors (Lipinski definition) is 7. The van der Waals surface area contributed by atoms with Crippen molar-refractivity contribution in [3.8, 4) is 17.2 Å². The van der Waals surface area contributed by atoms with Gasteiger partial charge in [-0.25, -0.2) is 4.79 Å². The summed E-state index contributed by atoms with van der Waals surface area (Å²) in [6.07, 6.45) is -1.61. The monoisotopic (exact) mass is 478 g/mol. The fraction of sp³-hybridized carbons (Fsp3) is 0.192. The van der Waals surface area contributed by atoms with E-state index >= 15 is 0 Å². The van der Waals surface area contributed by atoms with Crippen LogP contribution < -0.4 is 20.1 Å². The summed E-state index contributed by atoms with van der Waals surface area (Å²) in [5, 5.41) is 15.0. The third kappa shape index (κ3) is 7.50. The smallest absolute Gasteiger partial charge is 0.508 e. The van der Waals surface area contributed by atoms with Gasteiger partial charge in [0.15, 0.2) is 6.10 Å². The summed E-state index contributed by atoms with van der Waals surface area (Å²) in [4.78, 5) is 36.6. The lowest BCUT2D eigenvalue weighted by atomic mass is 10.1. The molecule has 0 aliphatic carbocycles.